The van der Waals surface area contributed by atoms with E-state index in [0.29, 0.717) is 6.54 Å². The maximum Gasteiger partial charge on any atom is 0.254 e. The van der Waals surface area contributed by atoms with Crippen LogP contribution in [0.2, 0.25) is 0 Å². The summed E-state index contributed by atoms with van der Waals surface area (Å²) < 4.78 is 5.29. The van der Waals surface area contributed by atoms with Crippen LogP contribution in [0.4, 0.5) is 0 Å². The third kappa shape index (κ3) is 3.75. The summed E-state index contributed by atoms with van der Waals surface area (Å²) in [6.45, 7) is 5.31. The minimum Gasteiger partial charge on any atom is -0.497 e. The summed E-state index contributed by atoms with van der Waals surface area (Å²) in [6.07, 6.45) is 1.95. The fourth-order valence-corrected chi connectivity index (χ4v) is 4.60. The van der Waals surface area contributed by atoms with Gasteiger partial charge in [0.05, 0.1) is 18.1 Å². The number of nitrogens with one attached hydrogen (secondary N) is 1. The zero-order valence-electron chi connectivity index (χ0n) is 18.7. The van der Waals surface area contributed by atoms with Crippen molar-refractivity contribution in [3.8, 4) is 16.9 Å². The summed E-state index contributed by atoms with van der Waals surface area (Å²) >= 11 is 0. The monoisotopic (exact) mass is 425 g/mol. The molecule has 1 amide bonds. The summed E-state index contributed by atoms with van der Waals surface area (Å²) in [5, 5.41) is 0. The van der Waals surface area contributed by atoms with Crippen LogP contribution in [-0.4, -0.2) is 34.4 Å². The van der Waals surface area contributed by atoms with Crippen LogP contribution in [-0.2, 0) is 13.0 Å². The number of imidazole rings is 1. The van der Waals surface area contributed by atoms with Crippen LogP contribution in [0.25, 0.3) is 22.2 Å². The molecule has 162 valence electrons. The normalized spacial score (nSPS) is 13.7. The molecule has 0 saturated heterocycles. The molecule has 2 heterocycles. The highest BCUT2D eigenvalue weighted by Crippen LogP contribution is 2.29. The number of ether oxygens (including phenoxy) is 1. The highest BCUT2D eigenvalue weighted by molar-refractivity contribution is 5.96. The topological polar surface area (TPSA) is 58.2 Å². The minimum atomic E-state index is 0.0804. The first-order valence-electron chi connectivity index (χ1n) is 11.0. The van der Waals surface area contributed by atoms with Crippen LogP contribution in [0.1, 0.15) is 39.3 Å². The first kappa shape index (κ1) is 20.3. The van der Waals surface area contributed by atoms with Gasteiger partial charge in [-0.05, 0) is 90.9 Å². The van der Waals surface area contributed by atoms with E-state index in [1.807, 2.05) is 36.9 Å². The highest BCUT2D eigenvalue weighted by atomic mass is 16.5. The molecule has 32 heavy (non-hydrogen) atoms. The molecule has 5 rings (SSSR count). The lowest BCUT2D eigenvalue weighted by Crippen LogP contribution is -2.31. The number of rotatable bonds is 3. The Bertz CT molecular complexity index is 1320. The number of aromatic amines is 1. The molecular weight excluding hydrogens is 398 g/mol. The average Bonchev–Trinajstić information content (AvgIpc) is 3.04. The molecule has 5 nitrogen and oxygen atoms in total. The van der Waals surface area contributed by atoms with Crippen LogP contribution in [0, 0.1) is 13.8 Å². The Balaban J connectivity index is 1.45. The Labute approximate surface area is 188 Å². The van der Waals surface area contributed by atoms with Crippen molar-refractivity contribution in [2.45, 2.75) is 33.2 Å². The lowest BCUT2D eigenvalue weighted by Gasteiger charge is -2.22. The quantitative estimate of drug-likeness (QED) is 0.475. The van der Waals surface area contributed by atoms with Gasteiger partial charge in [0.2, 0.25) is 0 Å². The van der Waals surface area contributed by atoms with Crippen LogP contribution in [0.15, 0.2) is 54.6 Å². The summed E-state index contributed by atoms with van der Waals surface area (Å²) in [7, 11) is 1.64. The molecule has 0 atom stereocenters. The fourth-order valence-electron chi connectivity index (χ4n) is 4.60. The smallest absolute Gasteiger partial charge is 0.254 e. The summed E-state index contributed by atoms with van der Waals surface area (Å²) in [4.78, 5) is 23.2. The van der Waals surface area contributed by atoms with Gasteiger partial charge in [0.1, 0.15) is 11.6 Å². The van der Waals surface area contributed by atoms with Crippen LogP contribution in [0.3, 0.4) is 0 Å². The van der Waals surface area contributed by atoms with Gasteiger partial charge in [0.15, 0.2) is 0 Å². The molecule has 0 fully saturated rings. The van der Waals surface area contributed by atoms with Gasteiger partial charge >= 0.3 is 0 Å². The molecule has 0 spiro atoms. The number of hydrogen-bond acceptors (Lipinski definition) is 3. The van der Waals surface area contributed by atoms with Crippen molar-refractivity contribution in [1.29, 1.82) is 0 Å². The predicted octanol–water partition coefficient (Wildman–Crippen LogP) is 5.44. The summed E-state index contributed by atoms with van der Waals surface area (Å²) in [5.74, 6) is 1.77. The molecule has 5 heteroatoms. The van der Waals surface area contributed by atoms with E-state index < -0.39 is 0 Å². The number of carbonyl (C=O) groups is 1. The second-order valence-corrected chi connectivity index (χ2v) is 8.55. The zero-order chi connectivity index (χ0) is 22.2. The van der Waals surface area contributed by atoms with E-state index in [4.69, 9.17) is 4.74 Å². The number of nitrogens with zero attached hydrogens (tertiary/aromatic N) is 2. The van der Waals surface area contributed by atoms with Crippen molar-refractivity contribution in [2.24, 2.45) is 0 Å². The predicted molar refractivity (Wildman–Crippen MR) is 127 cm³/mol. The van der Waals surface area contributed by atoms with Gasteiger partial charge < -0.3 is 14.6 Å². The van der Waals surface area contributed by atoms with E-state index in [9.17, 15) is 4.79 Å². The van der Waals surface area contributed by atoms with E-state index in [-0.39, 0.29) is 5.91 Å². The van der Waals surface area contributed by atoms with Crippen molar-refractivity contribution in [3.63, 3.8) is 0 Å². The Morgan fingerprint density at radius 2 is 1.81 bits per heavy atom. The second-order valence-electron chi connectivity index (χ2n) is 8.55. The molecule has 1 aliphatic heterocycles. The van der Waals surface area contributed by atoms with Gasteiger partial charge in [-0.3, -0.25) is 4.79 Å². The SMILES string of the molecule is COc1ccc(C(=O)N2CCCc3ccc(-c4ccc5[nH]c(C)nc5c4)cc3C2)c(C)c1. The first-order valence-corrected chi connectivity index (χ1v) is 11.0. The Morgan fingerprint density at radius 1 is 1.00 bits per heavy atom. The Morgan fingerprint density at radius 3 is 2.62 bits per heavy atom. The third-order valence-electron chi connectivity index (χ3n) is 6.33. The van der Waals surface area contributed by atoms with E-state index in [1.54, 1.807) is 7.11 Å². The van der Waals surface area contributed by atoms with Crippen molar-refractivity contribution in [2.75, 3.05) is 13.7 Å². The standard InChI is InChI=1S/C27H27N3O2/c1-17-13-23(32-3)9-10-24(17)27(31)30-12-4-5-19-6-7-20(14-22(19)16-30)21-8-11-25-26(15-21)29-18(2)28-25/h6-11,13-15H,4-5,12,16H2,1-3H3,(H,28,29). The first-order chi connectivity index (χ1) is 15.5. The molecule has 0 saturated carbocycles. The number of aryl methyl sites for hydroxylation is 3. The number of carbonyl (C=O) groups excluding carboxylic acids is 1. The number of fused-ring (bicyclic) bond motifs is 2. The molecule has 0 bridgehead atoms. The fraction of sp³-hybridized carbons (Fsp3) is 0.259. The van der Waals surface area contributed by atoms with Crippen LogP contribution >= 0.6 is 0 Å². The number of amides is 1. The van der Waals surface area contributed by atoms with Crippen molar-refractivity contribution >= 4 is 16.9 Å². The van der Waals surface area contributed by atoms with Gasteiger partial charge in [-0.15, -0.1) is 0 Å². The molecule has 4 aromatic rings. The second kappa shape index (κ2) is 8.15. The van der Waals surface area contributed by atoms with Gasteiger partial charge in [-0.1, -0.05) is 18.2 Å². The van der Waals surface area contributed by atoms with Crippen molar-refractivity contribution in [1.82, 2.24) is 14.9 Å². The largest absolute Gasteiger partial charge is 0.497 e. The highest BCUT2D eigenvalue weighted by Gasteiger charge is 2.22. The van der Waals surface area contributed by atoms with Crippen molar-refractivity contribution in [3.05, 3.63) is 82.7 Å². The molecule has 0 radical (unpaired) electrons. The molecule has 1 N–H and O–H groups in total. The number of benzene rings is 3. The van der Waals surface area contributed by atoms with Gasteiger partial charge in [-0.2, -0.15) is 0 Å². The number of aromatic nitrogens is 2. The molecule has 3 aromatic carbocycles. The number of methoxy groups -OCH3 is 1. The van der Waals surface area contributed by atoms with Crippen LogP contribution in [0.5, 0.6) is 5.75 Å². The zero-order valence-corrected chi connectivity index (χ0v) is 18.7. The van der Waals surface area contributed by atoms with Crippen LogP contribution < -0.4 is 4.74 Å². The molecule has 1 aromatic heterocycles. The Hall–Kier alpha value is -3.60. The molecule has 1 aliphatic rings. The molecular formula is C27H27N3O2. The maximum absolute atomic E-state index is 13.4. The number of H-pyrrole nitrogens is 1. The summed E-state index contributed by atoms with van der Waals surface area (Å²) in [6, 6.07) is 18.6. The number of hydrogen-bond donors (Lipinski definition) is 1. The average molecular weight is 426 g/mol. The molecule has 0 aliphatic carbocycles. The van der Waals surface area contributed by atoms with E-state index in [0.717, 1.165) is 64.2 Å². The maximum atomic E-state index is 13.4. The van der Waals surface area contributed by atoms with Gasteiger partial charge in [-0.25, -0.2) is 4.98 Å². The third-order valence-corrected chi connectivity index (χ3v) is 6.33. The lowest BCUT2D eigenvalue weighted by molar-refractivity contribution is 0.0745. The van der Waals surface area contributed by atoms with E-state index in [1.165, 1.54) is 11.1 Å². The van der Waals surface area contributed by atoms with E-state index in [2.05, 4.69) is 46.4 Å². The van der Waals surface area contributed by atoms with Gasteiger partial charge in [0.25, 0.3) is 5.91 Å². The van der Waals surface area contributed by atoms with E-state index >= 15 is 0 Å². The summed E-state index contributed by atoms with van der Waals surface area (Å²) in [5.41, 5.74) is 8.54. The lowest BCUT2D eigenvalue weighted by atomic mass is 9.97. The minimum absolute atomic E-state index is 0.0804. The Kier molecular flexibility index (Phi) is 5.17. The van der Waals surface area contributed by atoms with Gasteiger partial charge in [0, 0.05) is 18.7 Å². The molecule has 0 unspecified atom stereocenters. The van der Waals surface area contributed by atoms with Crippen molar-refractivity contribution < 1.29 is 9.53 Å².